The lowest BCUT2D eigenvalue weighted by Gasteiger charge is -2.14. The van der Waals surface area contributed by atoms with Crippen LogP contribution in [0.5, 0.6) is 0 Å². The number of aromatic nitrogens is 6. The standard InChI is InChI=1S/C21H27N7O4/c1-13-18(21(30)32-9-8-31-3)14(2)23-19(13)20(29)24-15-10-22-27(11-15)12-17-26-25-16-6-4-5-7-28(16)17/h10-11,23H,4-9,12H2,1-3H3,(H,24,29). The second kappa shape index (κ2) is 9.35. The lowest BCUT2D eigenvalue weighted by atomic mass is 10.1. The van der Waals surface area contributed by atoms with Gasteiger partial charge in [0.1, 0.15) is 24.7 Å². The van der Waals surface area contributed by atoms with E-state index >= 15 is 0 Å². The van der Waals surface area contributed by atoms with E-state index in [0.717, 1.165) is 37.5 Å². The minimum Gasteiger partial charge on any atom is -0.460 e. The number of hydrogen-bond donors (Lipinski definition) is 2. The molecule has 1 aliphatic rings. The van der Waals surface area contributed by atoms with Crippen molar-refractivity contribution in [3.05, 3.63) is 46.6 Å². The summed E-state index contributed by atoms with van der Waals surface area (Å²) in [6.07, 6.45) is 6.53. The van der Waals surface area contributed by atoms with Gasteiger partial charge in [0.05, 0.1) is 24.1 Å². The molecule has 0 bridgehead atoms. The molecule has 1 aliphatic heterocycles. The Labute approximate surface area is 185 Å². The molecule has 170 valence electrons. The van der Waals surface area contributed by atoms with Crippen molar-refractivity contribution in [3.8, 4) is 0 Å². The highest BCUT2D eigenvalue weighted by Crippen LogP contribution is 2.21. The SMILES string of the molecule is COCCOC(=O)c1c(C)[nH]c(C(=O)Nc2cnn(Cc3nnc4n3CCCC4)c2)c1C. The number of anilines is 1. The van der Waals surface area contributed by atoms with Gasteiger partial charge in [-0.15, -0.1) is 10.2 Å². The van der Waals surface area contributed by atoms with E-state index in [4.69, 9.17) is 9.47 Å². The zero-order valence-electron chi connectivity index (χ0n) is 18.5. The number of methoxy groups -OCH3 is 1. The Kier molecular flexibility index (Phi) is 6.35. The van der Waals surface area contributed by atoms with Gasteiger partial charge in [0.2, 0.25) is 0 Å². The summed E-state index contributed by atoms with van der Waals surface area (Å²) in [6, 6.07) is 0. The van der Waals surface area contributed by atoms with Crippen LogP contribution in [0.4, 0.5) is 5.69 Å². The van der Waals surface area contributed by atoms with Crippen molar-refractivity contribution < 1.29 is 19.1 Å². The average Bonchev–Trinajstić information content (AvgIpc) is 3.46. The molecule has 1 amide bonds. The van der Waals surface area contributed by atoms with Crippen LogP contribution in [0.1, 0.15) is 56.6 Å². The minimum atomic E-state index is -0.489. The molecule has 4 heterocycles. The van der Waals surface area contributed by atoms with Crippen molar-refractivity contribution >= 4 is 17.6 Å². The summed E-state index contributed by atoms with van der Waals surface area (Å²) in [5.41, 5.74) is 2.32. The highest BCUT2D eigenvalue weighted by molar-refractivity contribution is 6.06. The number of amides is 1. The van der Waals surface area contributed by atoms with E-state index in [1.54, 1.807) is 30.9 Å². The maximum absolute atomic E-state index is 12.8. The molecule has 11 heteroatoms. The molecular weight excluding hydrogens is 414 g/mol. The lowest BCUT2D eigenvalue weighted by Crippen LogP contribution is -2.15. The normalized spacial score (nSPS) is 13.1. The van der Waals surface area contributed by atoms with Crippen molar-refractivity contribution in [1.29, 1.82) is 0 Å². The molecule has 0 saturated heterocycles. The Morgan fingerprint density at radius 1 is 1.22 bits per heavy atom. The predicted molar refractivity (Wildman–Crippen MR) is 115 cm³/mol. The molecule has 0 spiro atoms. The third-order valence-corrected chi connectivity index (χ3v) is 5.52. The van der Waals surface area contributed by atoms with Gasteiger partial charge < -0.3 is 24.3 Å². The molecule has 0 atom stereocenters. The quantitative estimate of drug-likeness (QED) is 0.403. The van der Waals surface area contributed by atoms with E-state index in [1.165, 1.54) is 7.11 Å². The molecule has 11 nitrogen and oxygen atoms in total. The number of hydrogen-bond acceptors (Lipinski definition) is 7. The molecule has 0 saturated carbocycles. The molecule has 32 heavy (non-hydrogen) atoms. The van der Waals surface area contributed by atoms with E-state index in [2.05, 4.69) is 30.2 Å². The first-order valence-corrected chi connectivity index (χ1v) is 10.6. The summed E-state index contributed by atoms with van der Waals surface area (Å²) < 4.78 is 13.9. The third kappa shape index (κ3) is 4.42. The van der Waals surface area contributed by atoms with E-state index < -0.39 is 5.97 Å². The lowest BCUT2D eigenvalue weighted by molar-refractivity contribution is 0.0387. The third-order valence-electron chi connectivity index (χ3n) is 5.52. The van der Waals surface area contributed by atoms with Crippen molar-refractivity contribution in [3.63, 3.8) is 0 Å². The van der Waals surface area contributed by atoms with Crippen LogP contribution < -0.4 is 5.32 Å². The topological polar surface area (TPSA) is 129 Å². The van der Waals surface area contributed by atoms with Gasteiger partial charge >= 0.3 is 5.97 Å². The van der Waals surface area contributed by atoms with Crippen LogP contribution in [-0.2, 0) is 29.0 Å². The average molecular weight is 441 g/mol. The molecule has 2 N–H and O–H groups in total. The Morgan fingerprint density at radius 2 is 2.06 bits per heavy atom. The Hall–Kier alpha value is -3.47. The second-order valence-electron chi connectivity index (χ2n) is 7.78. The summed E-state index contributed by atoms with van der Waals surface area (Å²) in [5, 5.41) is 15.7. The summed E-state index contributed by atoms with van der Waals surface area (Å²) >= 11 is 0. The number of carbonyl (C=O) groups excluding carboxylic acids is 2. The van der Waals surface area contributed by atoms with E-state index in [0.29, 0.717) is 41.4 Å². The second-order valence-corrected chi connectivity index (χ2v) is 7.78. The van der Waals surface area contributed by atoms with Crippen molar-refractivity contribution in [2.45, 2.75) is 46.2 Å². The van der Waals surface area contributed by atoms with Crippen molar-refractivity contribution in [2.24, 2.45) is 0 Å². The number of nitrogens with zero attached hydrogens (tertiary/aromatic N) is 5. The van der Waals surface area contributed by atoms with Crippen LogP contribution in [0, 0.1) is 13.8 Å². The van der Waals surface area contributed by atoms with Gasteiger partial charge in [0, 0.05) is 32.0 Å². The van der Waals surface area contributed by atoms with Gasteiger partial charge in [0.15, 0.2) is 5.82 Å². The predicted octanol–water partition coefficient (Wildman–Crippen LogP) is 1.86. The van der Waals surface area contributed by atoms with Crippen LogP contribution in [0.2, 0.25) is 0 Å². The largest absolute Gasteiger partial charge is 0.460 e. The molecule has 3 aromatic heterocycles. The Morgan fingerprint density at radius 3 is 2.88 bits per heavy atom. The molecule has 4 rings (SSSR count). The van der Waals surface area contributed by atoms with Gasteiger partial charge in [-0.3, -0.25) is 9.48 Å². The maximum atomic E-state index is 12.8. The number of H-pyrrole nitrogens is 1. The number of aromatic amines is 1. The summed E-state index contributed by atoms with van der Waals surface area (Å²) in [6.45, 7) is 5.29. The van der Waals surface area contributed by atoms with Crippen LogP contribution in [-0.4, -0.2) is 61.7 Å². The van der Waals surface area contributed by atoms with Crippen molar-refractivity contribution in [1.82, 2.24) is 29.5 Å². The number of ether oxygens (including phenoxy) is 2. The molecular formula is C21H27N7O4. The zero-order valence-corrected chi connectivity index (χ0v) is 18.5. The summed E-state index contributed by atoms with van der Waals surface area (Å²) in [5.74, 6) is 1.02. The first kappa shape index (κ1) is 21.8. The number of nitrogens with one attached hydrogen (secondary N) is 2. The first-order chi connectivity index (χ1) is 15.5. The Balaban J connectivity index is 1.43. The maximum Gasteiger partial charge on any atom is 0.340 e. The van der Waals surface area contributed by atoms with E-state index in [1.807, 2.05) is 0 Å². The van der Waals surface area contributed by atoms with Gasteiger partial charge in [0.25, 0.3) is 5.91 Å². The molecule has 0 fully saturated rings. The van der Waals surface area contributed by atoms with Crippen LogP contribution in [0.15, 0.2) is 12.4 Å². The molecule has 3 aromatic rings. The minimum absolute atomic E-state index is 0.148. The fraction of sp³-hybridized carbons (Fsp3) is 0.476. The smallest absolute Gasteiger partial charge is 0.340 e. The number of esters is 1. The molecule has 0 radical (unpaired) electrons. The fourth-order valence-corrected chi connectivity index (χ4v) is 3.91. The van der Waals surface area contributed by atoms with E-state index in [9.17, 15) is 9.59 Å². The zero-order chi connectivity index (χ0) is 22.7. The first-order valence-electron chi connectivity index (χ1n) is 10.6. The van der Waals surface area contributed by atoms with Gasteiger partial charge in [-0.05, 0) is 32.3 Å². The van der Waals surface area contributed by atoms with Crippen LogP contribution in [0.25, 0.3) is 0 Å². The summed E-state index contributed by atoms with van der Waals surface area (Å²) in [4.78, 5) is 28.2. The number of aryl methyl sites for hydroxylation is 2. The molecule has 0 unspecified atom stereocenters. The Bertz CT molecular complexity index is 1130. The fourth-order valence-electron chi connectivity index (χ4n) is 3.91. The van der Waals surface area contributed by atoms with Gasteiger partial charge in [-0.25, -0.2) is 4.79 Å². The van der Waals surface area contributed by atoms with Crippen LogP contribution >= 0.6 is 0 Å². The van der Waals surface area contributed by atoms with Crippen LogP contribution in [0.3, 0.4) is 0 Å². The number of rotatable bonds is 8. The van der Waals surface area contributed by atoms with E-state index in [-0.39, 0.29) is 12.5 Å². The summed E-state index contributed by atoms with van der Waals surface area (Å²) in [7, 11) is 1.53. The number of fused-ring (bicyclic) bond motifs is 1. The molecule has 0 aromatic carbocycles. The highest BCUT2D eigenvalue weighted by Gasteiger charge is 2.23. The van der Waals surface area contributed by atoms with Gasteiger partial charge in [-0.2, -0.15) is 5.10 Å². The highest BCUT2D eigenvalue weighted by atomic mass is 16.6. The monoisotopic (exact) mass is 441 g/mol. The number of carbonyl (C=O) groups is 2. The molecule has 0 aliphatic carbocycles. The van der Waals surface area contributed by atoms with Gasteiger partial charge in [-0.1, -0.05) is 0 Å². The van der Waals surface area contributed by atoms with Crippen molar-refractivity contribution in [2.75, 3.05) is 25.6 Å².